The van der Waals surface area contributed by atoms with Gasteiger partial charge in [-0.3, -0.25) is 9.59 Å². The Morgan fingerprint density at radius 3 is 2.79 bits per heavy atom. The van der Waals surface area contributed by atoms with Crippen molar-refractivity contribution in [3.05, 3.63) is 46.6 Å². The zero-order valence-electron chi connectivity index (χ0n) is 15.0. The van der Waals surface area contributed by atoms with E-state index in [1.54, 1.807) is 13.0 Å². The first-order chi connectivity index (χ1) is 13.5. The lowest BCUT2D eigenvalue weighted by Crippen LogP contribution is -2.54. The Bertz CT molecular complexity index is 859. The van der Waals surface area contributed by atoms with Crippen LogP contribution < -0.4 is 15.0 Å². The van der Waals surface area contributed by atoms with E-state index in [-0.39, 0.29) is 30.8 Å². The molecule has 0 saturated carbocycles. The number of nitrogens with zero attached hydrogens (tertiary/aromatic N) is 3. The van der Waals surface area contributed by atoms with Crippen molar-refractivity contribution in [3.63, 3.8) is 0 Å². The van der Waals surface area contributed by atoms with Gasteiger partial charge in [-0.25, -0.2) is 14.4 Å². The van der Waals surface area contributed by atoms with E-state index in [9.17, 15) is 14.0 Å². The topological polar surface area (TPSA) is 93.6 Å². The van der Waals surface area contributed by atoms with E-state index >= 15 is 0 Å². The standard InChI is InChI=1S/C18H18BrFN4O4/c1-2-27-17(25)8-23-18(26)14-6-22-16(7-21-14)24-9-12(10-24)28-15-5-11(20)3-4-13(15)19/h3-7,12H,2,8-10H2,1H3,(H,23,26). The van der Waals surface area contributed by atoms with Crippen LogP contribution in [-0.4, -0.2) is 54.2 Å². The fourth-order valence-corrected chi connectivity index (χ4v) is 2.84. The predicted octanol–water partition coefficient (Wildman–Crippen LogP) is 1.94. The maximum absolute atomic E-state index is 13.3. The minimum Gasteiger partial charge on any atom is -0.485 e. The predicted molar refractivity (Wildman–Crippen MR) is 102 cm³/mol. The second-order valence-corrected chi connectivity index (χ2v) is 6.82. The van der Waals surface area contributed by atoms with Gasteiger partial charge in [0.15, 0.2) is 0 Å². The van der Waals surface area contributed by atoms with E-state index in [1.165, 1.54) is 24.5 Å². The summed E-state index contributed by atoms with van der Waals surface area (Å²) in [6.45, 7) is 2.83. The van der Waals surface area contributed by atoms with Gasteiger partial charge < -0.3 is 19.7 Å². The zero-order valence-corrected chi connectivity index (χ0v) is 16.6. The number of carbonyl (C=O) groups is 2. The van der Waals surface area contributed by atoms with E-state index in [0.717, 1.165) is 0 Å². The van der Waals surface area contributed by atoms with Crippen molar-refractivity contribution in [2.24, 2.45) is 0 Å². The number of amides is 1. The number of anilines is 1. The molecule has 2 aromatic rings. The van der Waals surface area contributed by atoms with Crippen molar-refractivity contribution in [2.75, 3.05) is 31.1 Å². The molecule has 1 aromatic heterocycles. The molecule has 1 aromatic carbocycles. The Morgan fingerprint density at radius 1 is 1.32 bits per heavy atom. The highest BCUT2D eigenvalue weighted by Gasteiger charge is 2.30. The van der Waals surface area contributed by atoms with Crippen LogP contribution in [0.3, 0.4) is 0 Å². The Hall–Kier alpha value is -2.75. The number of halogens is 2. The van der Waals surface area contributed by atoms with Gasteiger partial charge in [0.05, 0.1) is 36.6 Å². The van der Waals surface area contributed by atoms with Crippen LogP contribution in [0.2, 0.25) is 0 Å². The van der Waals surface area contributed by atoms with Gasteiger partial charge in [-0.1, -0.05) is 0 Å². The molecule has 0 aliphatic carbocycles. The van der Waals surface area contributed by atoms with Crippen molar-refractivity contribution >= 4 is 33.6 Å². The highest BCUT2D eigenvalue weighted by Crippen LogP contribution is 2.29. The summed E-state index contributed by atoms with van der Waals surface area (Å²) in [6.07, 6.45) is 2.72. The fourth-order valence-electron chi connectivity index (χ4n) is 2.50. The summed E-state index contributed by atoms with van der Waals surface area (Å²) in [5.74, 6) is -0.341. The van der Waals surface area contributed by atoms with Gasteiger partial charge in [0.25, 0.3) is 5.91 Å². The molecule has 1 aliphatic rings. The van der Waals surface area contributed by atoms with Gasteiger partial charge in [0, 0.05) is 6.07 Å². The number of aromatic nitrogens is 2. The number of carbonyl (C=O) groups excluding carboxylic acids is 2. The first-order valence-electron chi connectivity index (χ1n) is 8.58. The maximum Gasteiger partial charge on any atom is 0.325 e. The molecule has 0 unspecified atom stereocenters. The average Bonchev–Trinajstić information content (AvgIpc) is 2.65. The summed E-state index contributed by atoms with van der Waals surface area (Å²) in [5, 5.41) is 2.42. The monoisotopic (exact) mass is 452 g/mol. The molecule has 8 nitrogen and oxygen atoms in total. The van der Waals surface area contributed by atoms with Crippen LogP contribution in [0.1, 0.15) is 17.4 Å². The number of rotatable bonds is 7. The van der Waals surface area contributed by atoms with Crippen molar-refractivity contribution in [1.29, 1.82) is 0 Å². The number of esters is 1. The van der Waals surface area contributed by atoms with Crippen molar-refractivity contribution in [2.45, 2.75) is 13.0 Å². The second kappa shape index (κ2) is 8.96. The molecule has 1 fully saturated rings. The smallest absolute Gasteiger partial charge is 0.325 e. The maximum atomic E-state index is 13.3. The molecule has 10 heteroatoms. The Balaban J connectivity index is 1.49. The summed E-state index contributed by atoms with van der Waals surface area (Å²) in [7, 11) is 0. The van der Waals surface area contributed by atoms with E-state index in [0.29, 0.717) is 29.1 Å². The first-order valence-corrected chi connectivity index (χ1v) is 9.38. The Kier molecular flexibility index (Phi) is 6.40. The lowest BCUT2D eigenvalue weighted by Gasteiger charge is -2.39. The highest BCUT2D eigenvalue weighted by atomic mass is 79.9. The molecular formula is C18H18BrFN4O4. The van der Waals surface area contributed by atoms with Gasteiger partial charge in [0.1, 0.15) is 35.7 Å². The lowest BCUT2D eigenvalue weighted by molar-refractivity contribution is -0.141. The molecule has 0 atom stereocenters. The van der Waals surface area contributed by atoms with E-state index in [1.807, 2.05) is 4.90 Å². The molecule has 0 spiro atoms. The molecule has 1 amide bonds. The summed E-state index contributed by atoms with van der Waals surface area (Å²) in [5.41, 5.74) is 0.102. The van der Waals surface area contributed by atoms with Crippen LogP contribution >= 0.6 is 15.9 Å². The third kappa shape index (κ3) is 4.94. The van der Waals surface area contributed by atoms with Crippen LogP contribution in [0.4, 0.5) is 10.2 Å². The van der Waals surface area contributed by atoms with Crippen LogP contribution in [0.25, 0.3) is 0 Å². The average molecular weight is 453 g/mol. The largest absolute Gasteiger partial charge is 0.485 e. The minimum absolute atomic E-state index is 0.102. The third-order valence-corrected chi connectivity index (χ3v) is 4.58. The van der Waals surface area contributed by atoms with Crippen LogP contribution in [0.5, 0.6) is 5.75 Å². The molecule has 1 aliphatic heterocycles. The quantitative estimate of drug-likeness (QED) is 0.641. The fraction of sp³-hybridized carbons (Fsp3) is 0.333. The third-order valence-electron chi connectivity index (χ3n) is 3.93. The van der Waals surface area contributed by atoms with Crippen molar-refractivity contribution in [1.82, 2.24) is 15.3 Å². The summed E-state index contributed by atoms with van der Waals surface area (Å²) >= 11 is 3.33. The second-order valence-electron chi connectivity index (χ2n) is 5.97. The number of nitrogens with one attached hydrogen (secondary N) is 1. The van der Waals surface area contributed by atoms with Gasteiger partial charge in [-0.2, -0.15) is 0 Å². The van der Waals surface area contributed by atoms with Gasteiger partial charge in [-0.15, -0.1) is 0 Å². The summed E-state index contributed by atoms with van der Waals surface area (Å²) < 4.78 is 24.5. The number of hydrogen-bond donors (Lipinski definition) is 1. The van der Waals surface area contributed by atoms with Crippen LogP contribution in [0, 0.1) is 5.82 Å². The molecule has 2 heterocycles. The normalized spacial score (nSPS) is 13.6. The summed E-state index contributed by atoms with van der Waals surface area (Å²) in [4.78, 5) is 33.4. The molecule has 28 heavy (non-hydrogen) atoms. The Labute approximate surface area is 169 Å². The first kappa shape index (κ1) is 20.0. The van der Waals surface area contributed by atoms with E-state index < -0.39 is 11.9 Å². The molecule has 1 N–H and O–H groups in total. The zero-order chi connectivity index (χ0) is 20.1. The molecule has 0 radical (unpaired) electrons. The number of hydrogen-bond acceptors (Lipinski definition) is 7. The van der Waals surface area contributed by atoms with Gasteiger partial charge in [-0.05, 0) is 35.0 Å². The van der Waals surface area contributed by atoms with Crippen molar-refractivity contribution < 1.29 is 23.5 Å². The van der Waals surface area contributed by atoms with E-state index in [2.05, 4.69) is 31.2 Å². The van der Waals surface area contributed by atoms with Crippen LogP contribution in [-0.2, 0) is 9.53 Å². The minimum atomic E-state index is -0.517. The number of ether oxygens (including phenoxy) is 2. The molecule has 148 valence electrons. The van der Waals surface area contributed by atoms with E-state index in [4.69, 9.17) is 9.47 Å². The highest BCUT2D eigenvalue weighted by molar-refractivity contribution is 9.10. The van der Waals surface area contributed by atoms with Gasteiger partial charge >= 0.3 is 5.97 Å². The molecule has 1 saturated heterocycles. The number of benzene rings is 1. The molecular weight excluding hydrogens is 435 g/mol. The van der Waals surface area contributed by atoms with Gasteiger partial charge in [0.2, 0.25) is 0 Å². The SMILES string of the molecule is CCOC(=O)CNC(=O)c1cnc(N2CC(Oc3cc(F)ccc3Br)C2)cn1. The summed E-state index contributed by atoms with van der Waals surface area (Å²) in [6, 6.07) is 4.28. The Morgan fingerprint density at radius 2 is 2.11 bits per heavy atom. The molecule has 3 rings (SSSR count). The van der Waals surface area contributed by atoms with Crippen LogP contribution in [0.15, 0.2) is 35.1 Å². The van der Waals surface area contributed by atoms with Crippen molar-refractivity contribution in [3.8, 4) is 5.75 Å². The lowest BCUT2D eigenvalue weighted by atomic mass is 10.1. The molecule has 0 bridgehead atoms.